The molecule has 2 rings (SSSR count). The molecule has 0 bridgehead atoms. The molecule has 1 saturated heterocycles. The van der Waals surface area contributed by atoms with E-state index in [1.807, 2.05) is 6.92 Å². The van der Waals surface area contributed by atoms with E-state index < -0.39 is 0 Å². The van der Waals surface area contributed by atoms with E-state index in [1.165, 1.54) is 44.5 Å². The number of nitrogens with zero attached hydrogens (tertiary/aromatic N) is 1. The van der Waals surface area contributed by atoms with Crippen LogP contribution in [0.25, 0.3) is 0 Å². The molecule has 1 aromatic rings. The number of rotatable bonds is 6. The Morgan fingerprint density at radius 1 is 1.20 bits per heavy atom. The SMILES string of the molecule is CC(NCCCN1CCCCC1)c1cc(O)ccc1O. The topological polar surface area (TPSA) is 55.7 Å². The van der Waals surface area contributed by atoms with Gasteiger partial charge in [0, 0.05) is 11.6 Å². The Labute approximate surface area is 121 Å². The molecule has 1 aliphatic heterocycles. The molecule has 3 N–H and O–H groups in total. The molecule has 4 nitrogen and oxygen atoms in total. The number of hydrogen-bond acceptors (Lipinski definition) is 4. The molecule has 0 saturated carbocycles. The minimum absolute atomic E-state index is 0.0449. The van der Waals surface area contributed by atoms with E-state index in [0.29, 0.717) is 0 Å². The molecule has 0 aliphatic carbocycles. The third kappa shape index (κ3) is 4.39. The lowest BCUT2D eigenvalue weighted by Crippen LogP contribution is -2.32. The van der Waals surface area contributed by atoms with Crippen LogP contribution in [0, 0.1) is 0 Å². The molecule has 1 unspecified atom stereocenters. The van der Waals surface area contributed by atoms with Gasteiger partial charge in [-0.3, -0.25) is 0 Å². The highest BCUT2D eigenvalue weighted by atomic mass is 16.3. The summed E-state index contributed by atoms with van der Waals surface area (Å²) in [6.07, 6.45) is 5.16. The molecule has 1 aliphatic rings. The van der Waals surface area contributed by atoms with Crippen molar-refractivity contribution in [1.29, 1.82) is 0 Å². The van der Waals surface area contributed by atoms with Gasteiger partial charge in [0.1, 0.15) is 11.5 Å². The van der Waals surface area contributed by atoms with E-state index in [1.54, 1.807) is 6.07 Å². The molecule has 1 atom stereocenters. The van der Waals surface area contributed by atoms with Crippen molar-refractivity contribution in [1.82, 2.24) is 10.2 Å². The molecular weight excluding hydrogens is 252 g/mol. The average Bonchev–Trinajstić information content (AvgIpc) is 2.47. The van der Waals surface area contributed by atoms with Crippen molar-refractivity contribution in [2.45, 2.75) is 38.6 Å². The van der Waals surface area contributed by atoms with Crippen LogP contribution in [0.2, 0.25) is 0 Å². The molecule has 1 heterocycles. The highest BCUT2D eigenvalue weighted by Gasteiger charge is 2.12. The van der Waals surface area contributed by atoms with Gasteiger partial charge in [-0.15, -0.1) is 0 Å². The number of likely N-dealkylation sites (tertiary alicyclic amines) is 1. The van der Waals surface area contributed by atoms with Crippen molar-refractivity contribution in [3.63, 3.8) is 0 Å². The third-order valence-corrected chi connectivity index (χ3v) is 4.03. The number of phenolic OH excluding ortho intramolecular Hbond substituents is 2. The Morgan fingerprint density at radius 2 is 1.95 bits per heavy atom. The maximum Gasteiger partial charge on any atom is 0.120 e. The van der Waals surface area contributed by atoms with Gasteiger partial charge in [0.2, 0.25) is 0 Å². The number of phenols is 2. The number of nitrogens with one attached hydrogen (secondary N) is 1. The summed E-state index contributed by atoms with van der Waals surface area (Å²) in [5.74, 6) is 0.429. The minimum atomic E-state index is 0.0449. The molecule has 0 spiro atoms. The molecule has 1 aromatic carbocycles. The van der Waals surface area contributed by atoms with Crippen molar-refractivity contribution in [2.24, 2.45) is 0 Å². The van der Waals surface area contributed by atoms with E-state index in [2.05, 4.69) is 10.2 Å². The average molecular weight is 278 g/mol. The fourth-order valence-corrected chi connectivity index (χ4v) is 2.80. The van der Waals surface area contributed by atoms with E-state index in [-0.39, 0.29) is 17.5 Å². The Balaban J connectivity index is 1.71. The summed E-state index contributed by atoms with van der Waals surface area (Å²) in [5, 5.41) is 22.7. The summed E-state index contributed by atoms with van der Waals surface area (Å²) in [5.41, 5.74) is 0.753. The summed E-state index contributed by atoms with van der Waals surface area (Å²) in [7, 11) is 0. The van der Waals surface area contributed by atoms with E-state index in [0.717, 1.165) is 25.1 Å². The first-order valence-electron chi connectivity index (χ1n) is 7.64. The summed E-state index contributed by atoms with van der Waals surface area (Å²) in [6.45, 7) is 6.56. The number of piperidine rings is 1. The molecule has 1 fully saturated rings. The zero-order chi connectivity index (χ0) is 14.4. The monoisotopic (exact) mass is 278 g/mol. The second-order valence-electron chi connectivity index (χ2n) is 5.67. The van der Waals surface area contributed by atoms with Crippen LogP contribution >= 0.6 is 0 Å². The molecule has 4 heteroatoms. The highest BCUT2D eigenvalue weighted by Crippen LogP contribution is 2.27. The van der Waals surface area contributed by atoms with Crippen LogP contribution in [0.15, 0.2) is 18.2 Å². The molecule has 20 heavy (non-hydrogen) atoms. The number of benzene rings is 1. The first-order chi connectivity index (χ1) is 9.66. The van der Waals surface area contributed by atoms with Gasteiger partial charge in [-0.25, -0.2) is 0 Å². The Bertz CT molecular complexity index is 417. The molecule has 112 valence electrons. The fourth-order valence-electron chi connectivity index (χ4n) is 2.80. The fraction of sp³-hybridized carbons (Fsp3) is 0.625. The lowest BCUT2D eigenvalue weighted by Gasteiger charge is -2.26. The highest BCUT2D eigenvalue weighted by molar-refractivity contribution is 5.40. The summed E-state index contributed by atoms with van der Waals surface area (Å²) >= 11 is 0. The first kappa shape index (κ1) is 15.1. The summed E-state index contributed by atoms with van der Waals surface area (Å²) in [6, 6.07) is 4.71. The van der Waals surface area contributed by atoms with Crippen molar-refractivity contribution in [2.75, 3.05) is 26.2 Å². The lowest BCUT2D eigenvalue weighted by atomic mass is 10.1. The Hall–Kier alpha value is -1.26. The van der Waals surface area contributed by atoms with Crippen LogP contribution in [-0.2, 0) is 0 Å². The maximum absolute atomic E-state index is 9.81. The van der Waals surface area contributed by atoms with E-state index >= 15 is 0 Å². The van der Waals surface area contributed by atoms with Crippen LogP contribution in [0.3, 0.4) is 0 Å². The predicted octanol–water partition coefficient (Wildman–Crippen LogP) is 2.62. The summed E-state index contributed by atoms with van der Waals surface area (Å²) < 4.78 is 0. The second-order valence-corrected chi connectivity index (χ2v) is 5.67. The van der Waals surface area contributed by atoms with E-state index in [4.69, 9.17) is 0 Å². The van der Waals surface area contributed by atoms with Crippen LogP contribution in [0.1, 0.15) is 44.2 Å². The summed E-state index contributed by atoms with van der Waals surface area (Å²) in [4.78, 5) is 2.53. The van der Waals surface area contributed by atoms with Crippen molar-refractivity contribution < 1.29 is 10.2 Å². The zero-order valence-corrected chi connectivity index (χ0v) is 12.3. The Morgan fingerprint density at radius 3 is 2.70 bits per heavy atom. The van der Waals surface area contributed by atoms with Gasteiger partial charge in [0.25, 0.3) is 0 Å². The van der Waals surface area contributed by atoms with E-state index in [9.17, 15) is 10.2 Å². The molecule has 0 aromatic heterocycles. The quantitative estimate of drug-likeness (QED) is 0.553. The maximum atomic E-state index is 9.81. The molecular formula is C16H26N2O2. The minimum Gasteiger partial charge on any atom is -0.508 e. The van der Waals surface area contributed by atoms with Crippen LogP contribution < -0.4 is 5.32 Å². The van der Waals surface area contributed by atoms with Gasteiger partial charge in [-0.1, -0.05) is 6.42 Å². The van der Waals surface area contributed by atoms with Crippen LogP contribution in [0.4, 0.5) is 0 Å². The number of hydrogen-bond donors (Lipinski definition) is 3. The zero-order valence-electron chi connectivity index (χ0n) is 12.3. The number of aromatic hydroxyl groups is 2. The third-order valence-electron chi connectivity index (χ3n) is 4.03. The normalized spacial score (nSPS) is 18.1. The van der Waals surface area contributed by atoms with Crippen molar-refractivity contribution in [3.8, 4) is 11.5 Å². The smallest absolute Gasteiger partial charge is 0.120 e. The van der Waals surface area contributed by atoms with Crippen LogP contribution in [0.5, 0.6) is 11.5 Å². The first-order valence-corrected chi connectivity index (χ1v) is 7.64. The van der Waals surface area contributed by atoms with Crippen molar-refractivity contribution >= 4 is 0 Å². The largest absolute Gasteiger partial charge is 0.508 e. The van der Waals surface area contributed by atoms with Crippen LogP contribution in [-0.4, -0.2) is 41.3 Å². The van der Waals surface area contributed by atoms with Gasteiger partial charge in [0.15, 0.2) is 0 Å². The molecule has 0 amide bonds. The lowest BCUT2D eigenvalue weighted by molar-refractivity contribution is 0.225. The second kappa shape index (κ2) is 7.50. The Kier molecular flexibility index (Phi) is 5.68. The van der Waals surface area contributed by atoms with Gasteiger partial charge < -0.3 is 20.4 Å². The standard InChI is InChI=1S/C16H26N2O2/c1-13(15-12-14(19)6-7-16(15)20)17-8-5-11-18-9-3-2-4-10-18/h6-7,12-13,17,19-20H,2-5,8-11H2,1H3. The van der Waals surface area contributed by atoms with Gasteiger partial charge in [0.05, 0.1) is 0 Å². The van der Waals surface area contributed by atoms with Gasteiger partial charge in [-0.05, 0) is 70.6 Å². The van der Waals surface area contributed by atoms with Crippen molar-refractivity contribution in [3.05, 3.63) is 23.8 Å². The van der Waals surface area contributed by atoms with Gasteiger partial charge >= 0.3 is 0 Å². The predicted molar refractivity (Wildman–Crippen MR) is 81.1 cm³/mol. The molecule has 0 radical (unpaired) electrons. The van der Waals surface area contributed by atoms with Gasteiger partial charge in [-0.2, -0.15) is 0 Å².